The van der Waals surface area contributed by atoms with Crippen molar-refractivity contribution in [1.29, 1.82) is 0 Å². The maximum atomic E-state index is 10.0. The third kappa shape index (κ3) is 19.5. The molecule has 6 aromatic rings. The van der Waals surface area contributed by atoms with E-state index in [1.54, 1.807) is 12.1 Å². The molecule has 5 N–H and O–H groups in total. The zero-order valence-electron chi connectivity index (χ0n) is 30.5. The van der Waals surface area contributed by atoms with Crippen LogP contribution in [-0.2, 0) is 12.8 Å². The first-order valence-corrected chi connectivity index (χ1v) is 35.5. The van der Waals surface area contributed by atoms with Crippen LogP contribution in [0.25, 0.3) is 21.8 Å². The second-order valence-electron chi connectivity index (χ2n) is 10.6. The largest absolute Gasteiger partial charge is 0.298 e. The summed E-state index contributed by atoms with van der Waals surface area (Å²) in [6.45, 7) is 14.0. The molecule has 1 aliphatic rings. The summed E-state index contributed by atoms with van der Waals surface area (Å²) >= 11 is 9.54. The summed E-state index contributed by atoms with van der Waals surface area (Å²) in [5.74, 6) is 0. The van der Waals surface area contributed by atoms with Gasteiger partial charge in [-0.25, -0.2) is 0 Å². The van der Waals surface area contributed by atoms with Gasteiger partial charge in [0, 0.05) is 83.0 Å². The quantitative estimate of drug-likeness (QED) is 0.105. The van der Waals surface area contributed by atoms with E-state index in [-0.39, 0.29) is 49.9 Å². The standard InChI is InChI=1S/C18H18N2.C11H14N2.C7H6O.2C2H6.CH4.ClH.I3.I2.HI/c1-12-7-8-16-15(11-12)14-9-10-19-17(18(14)20-16)13-5-3-2-4-6-13;1-8-2-3-11-10(6-8)9(4-5-12)7-13-11;8-6-7-4-2-1-3-5-7;2*1-2;;;1-3-2;1-2;/h2-8,11,17,19-20H,9-10H2,1H3;2-3,6-7,13H,4-5,12H2,1H3;1-6H;2*1-2H3;1H4;1H;;;1H/q;;;;;;;-1;;. The number of fused-ring (bicyclic) bond motifs is 4. The van der Waals surface area contributed by atoms with Crippen molar-refractivity contribution in [3.05, 3.63) is 142 Å². The number of carbonyl (C=O) groups excluding carboxylic acids is 1. The fraction of sp³-hybridized carbons (Fsp3) is 0.293. The number of rotatable bonds is 4. The Morgan fingerprint density at radius 1 is 0.811 bits per heavy atom. The predicted molar refractivity (Wildman–Crippen MR) is 279 cm³/mol. The maximum Gasteiger partial charge on any atom is 0.150 e. The van der Waals surface area contributed by atoms with Crippen molar-refractivity contribution in [2.75, 3.05) is 13.1 Å². The first-order valence-electron chi connectivity index (χ1n) is 16.7. The van der Waals surface area contributed by atoms with Gasteiger partial charge in [0.1, 0.15) is 6.29 Å². The number of carbonyl (C=O) groups is 1. The molecule has 2 aromatic heterocycles. The van der Waals surface area contributed by atoms with Gasteiger partial charge in [-0.15, -0.1) is 36.4 Å². The van der Waals surface area contributed by atoms with Crippen LogP contribution >= 0.6 is 111 Å². The van der Waals surface area contributed by atoms with E-state index < -0.39 is 0 Å². The number of hydrogen-bond acceptors (Lipinski definition) is 3. The van der Waals surface area contributed by atoms with Crippen LogP contribution in [0.1, 0.15) is 85.0 Å². The minimum absolute atomic E-state index is 0. The van der Waals surface area contributed by atoms with Gasteiger partial charge < -0.3 is 21.0 Å². The number of nitrogens with two attached hydrogens (primary N) is 1. The molecule has 0 radical (unpaired) electrons. The Bertz CT molecular complexity index is 1770. The molecule has 0 saturated heterocycles. The maximum absolute atomic E-state index is 10.0. The topological polar surface area (TPSA) is 86.7 Å². The molecule has 12 heteroatoms. The Morgan fingerprint density at radius 2 is 1.32 bits per heavy atom. The molecule has 296 valence electrons. The van der Waals surface area contributed by atoms with Gasteiger partial charge in [-0.05, 0) is 74.2 Å². The summed E-state index contributed by atoms with van der Waals surface area (Å²) in [7, 11) is 0. The fourth-order valence-electron chi connectivity index (χ4n) is 5.46. The van der Waals surface area contributed by atoms with Crippen LogP contribution in [0.5, 0.6) is 0 Å². The summed E-state index contributed by atoms with van der Waals surface area (Å²) in [5, 5.41) is 6.34. The summed E-state index contributed by atoms with van der Waals surface area (Å²) < 4.78 is 0. The number of hydrogen-bond donors (Lipinski definition) is 4. The molecule has 0 saturated carbocycles. The summed E-state index contributed by atoms with van der Waals surface area (Å²) in [6.07, 6.45) is 4.93. The van der Waals surface area contributed by atoms with Crippen molar-refractivity contribution >= 4 is 139 Å². The van der Waals surface area contributed by atoms with E-state index in [1.807, 2.05) is 45.9 Å². The number of aromatic amines is 2. The van der Waals surface area contributed by atoms with Crippen molar-refractivity contribution < 1.29 is 18.0 Å². The van der Waals surface area contributed by atoms with Crippen LogP contribution in [0.4, 0.5) is 0 Å². The van der Waals surface area contributed by atoms with Gasteiger partial charge >= 0.3 is 50.5 Å². The summed E-state index contributed by atoms with van der Waals surface area (Å²) in [4.78, 5) is 16.9. The Balaban J connectivity index is -0.000000662. The third-order valence-corrected chi connectivity index (χ3v) is 7.51. The number of H-pyrrole nitrogens is 2. The van der Waals surface area contributed by atoms with E-state index >= 15 is 0 Å². The first-order chi connectivity index (χ1) is 24.5. The van der Waals surface area contributed by atoms with Crippen LogP contribution < -0.4 is 24.3 Å². The molecular weight excluding hydrogens is 1360 g/mol. The van der Waals surface area contributed by atoms with Crippen molar-refractivity contribution in [1.82, 2.24) is 15.3 Å². The van der Waals surface area contributed by atoms with Gasteiger partial charge in [-0.3, -0.25) is 4.79 Å². The summed E-state index contributed by atoms with van der Waals surface area (Å²) in [5.41, 5.74) is 16.8. The molecule has 1 unspecified atom stereocenters. The molecular formula is C41H56ClI6N4O-. The number of aryl methyl sites for hydroxylation is 2. The number of aldehydes is 1. The third-order valence-electron chi connectivity index (χ3n) is 7.51. The van der Waals surface area contributed by atoms with Gasteiger partial charge in [0.15, 0.2) is 0 Å². The number of halogens is 7. The van der Waals surface area contributed by atoms with Gasteiger partial charge in [-0.1, -0.05) is 119 Å². The van der Waals surface area contributed by atoms with E-state index in [0.717, 1.165) is 31.2 Å². The molecule has 1 aliphatic heterocycles. The van der Waals surface area contributed by atoms with E-state index in [9.17, 15) is 4.79 Å². The van der Waals surface area contributed by atoms with Gasteiger partial charge in [0.05, 0.1) is 6.04 Å². The normalized spacial score (nSPS) is 11.6. The van der Waals surface area contributed by atoms with Crippen LogP contribution in [-0.4, -0.2) is 29.3 Å². The van der Waals surface area contributed by atoms with Crippen LogP contribution in [0.15, 0.2) is 103 Å². The Morgan fingerprint density at radius 3 is 1.83 bits per heavy atom. The first kappa shape index (κ1) is 57.5. The summed E-state index contributed by atoms with van der Waals surface area (Å²) in [6, 6.07) is 33.2. The van der Waals surface area contributed by atoms with Crippen LogP contribution in [0.2, 0.25) is 0 Å². The van der Waals surface area contributed by atoms with Gasteiger partial charge in [-0.2, -0.15) is 0 Å². The van der Waals surface area contributed by atoms with Crippen molar-refractivity contribution in [3.8, 4) is 0 Å². The molecule has 0 bridgehead atoms. The SMILES string of the molecule is C.CC.CC.Cc1ccc2[nH]c3c(c2c1)CCNC3c1ccccc1.Cc1ccc2[nH]cc(CCN)c2c1.Cl.I.II.I[I-]I.O=Cc1ccccc1. The van der Waals surface area contributed by atoms with E-state index in [4.69, 9.17) is 5.73 Å². The molecule has 4 aromatic carbocycles. The molecule has 0 spiro atoms. The van der Waals surface area contributed by atoms with Crippen LogP contribution in [0.3, 0.4) is 0 Å². The fourth-order valence-corrected chi connectivity index (χ4v) is 5.46. The molecule has 0 amide bonds. The molecule has 1 atom stereocenters. The second kappa shape index (κ2) is 35.4. The zero-order valence-corrected chi connectivity index (χ0v) is 44.4. The Labute approximate surface area is 395 Å². The minimum Gasteiger partial charge on any atom is -0.298 e. The smallest absolute Gasteiger partial charge is 0.150 e. The van der Waals surface area contributed by atoms with E-state index in [2.05, 4.69) is 177 Å². The number of benzene rings is 4. The Hall–Kier alpha value is 0.220. The molecule has 53 heavy (non-hydrogen) atoms. The van der Waals surface area contributed by atoms with Crippen LogP contribution in [0, 0.1) is 13.8 Å². The second-order valence-corrected chi connectivity index (χ2v) is 26.8. The van der Waals surface area contributed by atoms with Gasteiger partial charge in [0.25, 0.3) is 0 Å². The average molecular weight is 1420 g/mol. The average Bonchev–Trinajstić information content (AvgIpc) is 3.76. The van der Waals surface area contributed by atoms with E-state index in [0.29, 0.717) is 19.8 Å². The van der Waals surface area contributed by atoms with Crippen molar-refractivity contribution in [3.63, 3.8) is 0 Å². The van der Waals surface area contributed by atoms with Gasteiger partial charge in [0.2, 0.25) is 0 Å². The molecule has 0 aliphatic carbocycles. The Kier molecular flexibility index (Phi) is 38.4. The zero-order chi connectivity index (χ0) is 37.3. The van der Waals surface area contributed by atoms with Crippen molar-refractivity contribution in [2.45, 2.75) is 67.9 Å². The molecule has 7 rings (SSSR count). The van der Waals surface area contributed by atoms with E-state index in [1.165, 1.54) is 55.3 Å². The predicted octanol–water partition coefficient (Wildman–Crippen LogP) is 11.5. The number of nitrogens with one attached hydrogen (secondary N) is 3. The van der Waals surface area contributed by atoms with Crippen molar-refractivity contribution in [2.24, 2.45) is 5.73 Å². The molecule has 5 nitrogen and oxygen atoms in total. The minimum atomic E-state index is 0. The molecule has 0 fully saturated rings. The molecule has 3 heterocycles. The monoisotopic (exact) mass is 1420 g/mol. The number of aromatic nitrogens is 2.